The van der Waals surface area contributed by atoms with Crippen molar-refractivity contribution < 1.29 is 4.79 Å². The number of piperidine rings is 1. The summed E-state index contributed by atoms with van der Waals surface area (Å²) in [6, 6.07) is 5.83. The monoisotopic (exact) mass is 431 g/mol. The van der Waals surface area contributed by atoms with Crippen molar-refractivity contribution in [1.29, 1.82) is 0 Å². The summed E-state index contributed by atoms with van der Waals surface area (Å²) >= 11 is 0. The van der Waals surface area contributed by atoms with E-state index in [9.17, 15) is 4.79 Å². The molecule has 1 fully saturated rings. The zero-order chi connectivity index (χ0) is 21.9. The maximum absolute atomic E-state index is 12.8. The molecule has 4 heterocycles. The number of nitrogens with zero attached hydrogens (tertiary/aromatic N) is 5. The molecule has 5 rings (SSSR count). The molecule has 3 aliphatic rings. The van der Waals surface area contributed by atoms with E-state index in [1.807, 2.05) is 23.1 Å². The number of amides is 1. The number of carbonyl (C=O) groups excluding carboxylic acids is 1. The molecule has 0 bridgehead atoms. The summed E-state index contributed by atoms with van der Waals surface area (Å²) in [5.74, 6) is 3.04. The second-order valence-corrected chi connectivity index (χ2v) is 9.50. The van der Waals surface area contributed by atoms with Crippen molar-refractivity contribution in [3.8, 4) is 0 Å². The highest BCUT2D eigenvalue weighted by atomic mass is 16.2. The van der Waals surface area contributed by atoms with E-state index >= 15 is 0 Å². The minimum atomic E-state index is 0.128. The molecule has 6 heteroatoms. The van der Waals surface area contributed by atoms with E-state index < -0.39 is 0 Å². The van der Waals surface area contributed by atoms with Gasteiger partial charge in [0.25, 0.3) is 0 Å². The molecule has 1 saturated heterocycles. The molecule has 0 saturated carbocycles. The van der Waals surface area contributed by atoms with Crippen molar-refractivity contribution >= 4 is 11.7 Å². The second-order valence-electron chi connectivity index (χ2n) is 9.50. The largest absolute Gasteiger partial charge is 0.303 e. The summed E-state index contributed by atoms with van der Waals surface area (Å²) in [5.41, 5.74) is 3.03. The number of hydrogen-bond donors (Lipinski definition) is 0. The van der Waals surface area contributed by atoms with Crippen LogP contribution in [-0.2, 0) is 17.8 Å². The molecule has 0 unspecified atom stereocenters. The number of rotatable bonds is 5. The minimum Gasteiger partial charge on any atom is -0.303 e. The Kier molecular flexibility index (Phi) is 6.30. The SMILES string of the molecule is Cc1nc(C2CCN(C[C@H]3CC=CCC3)CC2)nc2c1CCC(=O)N2Cc1ccccn1. The first-order chi connectivity index (χ1) is 15.7. The maximum Gasteiger partial charge on any atom is 0.228 e. The zero-order valence-corrected chi connectivity index (χ0v) is 19.0. The number of anilines is 1. The van der Waals surface area contributed by atoms with E-state index in [0.717, 1.165) is 66.9 Å². The summed E-state index contributed by atoms with van der Waals surface area (Å²) in [7, 11) is 0. The van der Waals surface area contributed by atoms with Crippen LogP contribution in [0, 0.1) is 12.8 Å². The number of likely N-dealkylation sites (tertiary alicyclic amines) is 1. The Hall–Kier alpha value is -2.60. The number of allylic oxidation sites excluding steroid dienone is 2. The zero-order valence-electron chi connectivity index (χ0n) is 19.0. The molecule has 32 heavy (non-hydrogen) atoms. The second kappa shape index (κ2) is 9.49. The average Bonchev–Trinajstić information content (AvgIpc) is 2.83. The number of aryl methyl sites for hydroxylation is 1. The fraction of sp³-hybridized carbons (Fsp3) is 0.538. The van der Waals surface area contributed by atoms with E-state index in [0.29, 0.717) is 18.9 Å². The third-order valence-electron chi connectivity index (χ3n) is 7.25. The lowest BCUT2D eigenvalue weighted by molar-refractivity contribution is -0.119. The van der Waals surface area contributed by atoms with Gasteiger partial charge in [-0.15, -0.1) is 0 Å². The Balaban J connectivity index is 1.31. The van der Waals surface area contributed by atoms with Crippen LogP contribution in [0.2, 0.25) is 0 Å². The standard InChI is InChI=1S/C26H33N5O/c1-19-23-10-11-24(32)31(18-22-9-5-6-14-27-22)26(23)29-25(28-19)21-12-15-30(16-13-21)17-20-7-3-2-4-8-20/h2-3,5-6,9,14,20-21H,4,7-8,10-13,15-18H2,1H3/t20-/m0/s1. The van der Waals surface area contributed by atoms with Gasteiger partial charge in [-0.3, -0.25) is 14.7 Å². The minimum absolute atomic E-state index is 0.128. The molecule has 0 aromatic carbocycles. The van der Waals surface area contributed by atoms with Crippen LogP contribution in [0.5, 0.6) is 0 Å². The topological polar surface area (TPSA) is 62.2 Å². The van der Waals surface area contributed by atoms with Gasteiger partial charge in [0.1, 0.15) is 11.6 Å². The number of fused-ring (bicyclic) bond motifs is 1. The first-order valence-corrected chi connectivity index (χ1v) is 12.1. The normalized spacial score (nSPS) is 22.2. The molecule has 0 radical (unpaired) electrons. The average molecular weight is 432 g/mol. The van der Waals surface area contributed by atoms with Crippen LogP contribution in [-0.4, -0.2) is 45.4 Å². The highest BCUT2D eigenvalue weighted by Gasteiger charge is 2.31. The van der Waals surface area contributed by atoms with E-state index in [2.05, 4.69) is 29.0 Å². The predicted molar refractivity (Wildman–Crippen MR) is 125 cm³/mol. The smallest absolute Gasteiger partial charge is 0.228 e. The van der Waals surface area contributed by atoms with Gasteiger partial charge in [0.2, 0.25) is 5.91 Å². The first kappa shape index (κ1) is 21.3. The molecule has 1 aliphatic carbocycles. The summed E-state index contributed by atoms with van der Waals surface area (Å²) in [6.45, 7) is 5.98. The van der Waals surface area contributed by atoms with E-state index in [-0.39, 0.29) is 5.91 Å². The lowest BCUT2D eigenvalue weighted by atomic mass is 9.91. The molecule has 2 aromatic rings. The van der Waals surface area contributed by atoms with Gasteiger partial charge in [-0.2, -0.15) is 0 Å². The fourth-order valence-electron chi connectivity index (χ4n) is 5.36. The summed E-state index contributed by atoms with van der Waals surface area (Å²) in [6.07, 6.45) is 13.7. The number of carbonyl (C=O) groups is 1. The highest BCUT2D eigenvalue weighted by molar-refractivity contribution is 5.95. The fourth-order valence-corrected chi connectivity index (χ4v) is 5.36. The predicted octanol–water partition coefficient (Wildman–Crippen LogP) is 4.20. The lowest BCUT2D eigenvalue weighted by Crippen LogP contribution is -2.38. The third-order valence-corrected chi connectivity index (χ3v) is 7.25. The Morgan fingerprint density at radius 2 is 1.94 bits per heavy atom. The molecule has 0 spiro atoms. The maximum atomic E-state index is 12.8. The van der Waals surface area contributed by atoms with Gasteiger partial charge in [-0.05, 0) is 76.6 Å². The van der Waals surface area contributed by atoms with Crippen molar-refractivity contribution in [2.75, 3.05) is 24.5 Å². The molecule has 2 aromatic heterocycles. The Labute approximate surface area is 190 Å². The van der Waals surface area contributed by atoms with Crippen molar-refractivity contribution in [3.05, 3.63) is 59.3 Å². The molecule has 168 valence electrons. The molecular formula is C26H33N5O. The van der Waals surface area contributed by atoms with Crippen LogP contribution < -0.4 is 4.90 Å². The first-order valence-electron chi connectivity index (χ1n) is 12.1. The van der Waals surface area contributed by atoms with Gasteiger partial charge in [-0.1, -0.05) is 18.2 Å². The van der Waals surface area contributed by atoms with Gasteiger partial charge in [-0.25, -0.2) is 9.97 Å². The van der Waals surface area contributed by atoms with Gasteiger partial charge in [0.05, 0.1) is 12.2 Å². The van der Waals surface area contributed by atoms with Crippen molar-refractivity contribution in [3.63, 3.8) is 0 Å². The van der Waals surface area contributed by atoms with Crippen LogP contribution >= 0.6 is 0 Å². The Morgan fingerprint density at radius 3 is 2.69 bits per heavy atom. The number of pyridine rings is 1. The van der Waals surface area contributed by atoms with Gasteiger partial charge < -0.3 is 4.90 Å². The third kappa shape index (κ3) is 4.60. The van der Waals surface area contributed by atoms with E-state index in [1.165, 1.54) is 25.8 Å². The quantitative estimate of drug-likeness (QED) is 0.664. The van der Waals surface area contributed by atoms with Crippen LogP contribution in [0.3, 0.4) is 0 Å². The Morgan fingerprint density at radius 1 is 1.06 bits per heavy atom. The van der Waals surface area contributed by atoms with Crippen molar-refractivity contribution in [2.24, 2.45) is 5.92 Å². The highest BCUT2D eigenvalue weighted by Crippen LogP contribution is 2.33. The van der Waals surface area contributed by atoms with Crippen molar-refractivity contribution in [1.82, 2.24) is 19.9 Å². The van der Waals surface area contributed by atoms with Crippen LogP contribution in [0.1, 0.15) is 67.2 Å². The molecule has 6 nitrogen and oxygen atoms in total. The lowest BCUT2D eigenvalue weighted by Gasteiger charge is -2.35. The molecule has 1 atom stereocenters. The molecule has 0 N–H and O–H groups in total. The summed E-state index contributed by atoms with van der Waals surface area (Å²) < 4.78 is 0. The van der Waals surface area contributed by atoms with Gasteiger partial charge >= 0.3 is 0 Å². The van der Waals surface area contributed by atoms with Crippen LogP contribution in [0.15, 0.2) is 36.5 Å². The van der Waals surface area contributed by atoms with E-state index in [4.69, 9.17) is 9.97 Å². The number of hydrogen-bond acceptors (Lipinski definition) is 5. The Bertz CT molecular complexity index is 981. The number of aromatic nitrogens is 3. The van der Waals surface area contributed by atoms with Crippen LogP contribution in [0.4, 0.5) is 5.82 Å². The molecule has 1 amide bonds. The van der Waals surface area contributed by atoms with Crippen molar-refractivity contribution in [2.45, 2.75) is 64.3 Å². The van der Waals surface area contributed by atoms with Gasteiger partial charge in [0, 0.05) is 36.3 Å². The summed E-state index contributed by atoms with van der Waals surface area (Å²) in [4.78, 5) is 31.6. The van der Waals surface area contributed by atoms with E-state index in [1.54, 1.807) is 6.20 Å². The molecule has 2 aliphatic heterocycles. The summed E-state index contributed by atoms with van der Waals surface area (Å²) in [5, 5.41) is 0. The molecular weight excluding hydrogens is 398 g/mol. The van der Waals surface area contributed by atoms with Gasteiger partial charge in [0.15, 0.2) is 0 Å². The van der Waals surface area contributed by atoms with Crippen LogP contribution in [0.25, 0.3) is 0 Å².